The van der Waals surface area contributed by atoms with E-state index >= 15 is 0 Å². The Hall–Kier alpha value is -1.22. The molecule has 0 aliphatic rings. The Bertz CT molecular complexity index is 334. The Morgan fingerprint density at radius 1 is 1.06 bits per heavy atom. The highest BCUT2D eigenvalue weighted by molar-refractivity contribution is 5.37. The van der Waals surface area contributed by atoms with Crippen molar-refractivity contribution in [3.63, 3.8) is 0 Å². The monoisotopic (exact) mass is 238 g/mol. The van der Waals surface area contributed by atoms with Gasteiger partial charge < -0.3 is 14.2 Å². The van der Waals surface area contributed by atoms with Crippen LogP contribution in [0, 0.1) is 6.92 Å². The lowest BCUT2D eigenvalue weighted by atomic mass is 10.2. The van der Waals surface area contributed by atoms with Crippen molar-refractivity contribution in [2.24, 2.45) is 0 Å². The first-order valence-corrected chi connectivity index (χ1v) is 6.02. The molecule has 1 aromatic rings. The van der Waals surface area contributed by atoms with Crippen LogP contribution in [0.5, 0.6) is 11.5 Å². The summed E-state index contributed by atoms with van der Waals surface area (Å²) >= 11 is 0. The van der Waals surface area contributed by atoms with Crippen molar-refractivity contribution < 1.29 is 14.2 Å². The summed E-state index contributed by atoms with van der Waals surface area (Å²) in [5, 5.41) is 0. The summed E-state index contributed by atoms with van der Waals surface area (Å²) in [6.07, 6.45) is 1.07. The highest BCUT2D eigenvalue weighted by Crippen LogP contribution is 2.23. The van der Waals surface area contributed by atoms with Gasteiger partial charge >= 0.3 is 0 Å². The Kier molecular flexibility index (Phi) is 5.84. The molecule has 17 heavy (non-hydrogen) atoms. The lowest BCUT2D eigenvalue weighted by Crippen LogP contribution is -2.06. The van der Waals surface area contributed by atoms with E-state index in [0.717, 1.165) is 30.1 Å². The molecule has 0 atom stereocenters. The van der Waals surface area contributed by atoms with Gasteiger partial charge in [-0.2, -0.15) is 0 Å². The summed E-state index contributed by atoms with van der Waals surface area (Å²) in [7, 11) is 1.70. The van der Waals surface area contributed by atoms with E-state index in [4.69, 9.17) is 14.2 Å². The first kappa shape index (κ1) is 13.8. The zero-order valence-corrected chi connectivity index (χ0v) is 11.2. The van der Waals surface area contributed by atoms with E-state index in [2.05, 4.69) is 0 Å². The van der Waals surface area contributed by atoms with Crippen LogP contribution in [0.4, 0.5) is 0 Å². The predicted octanol–water partition coefficient (Wildman–Crippen LogP) is 3.20. The Morgan fingerprint density at radius 2 is 1.76 bits per heavy atom. The number of hydrogen-bond acceptors (Lipinski definition) is 3. The molecule has 0 N–H and O–H groups in total. The van der Waals surface area contributed by atoms with Gasteiger partial charge in [-0.15, -0.1) is 0 Å². The van der Waals surface area contributed by atoms with E-state index in [0.29, 0.717) is 6.61 Å². The van der Waals surface area contributed by atoms with Crippen LogP contribution in [0.15, 0.2) is 18.2 Å². The second kappa shape index (κ2) is 7.17. The number of benzene rings is 1. The zero-order chi connectivity index (χ0) is 12.7. The van der Waals surface area contributed by atoms with Crippen LogP contribution < -0.4 is 9.47 Å². The Morgan fingerprint density at radius 3 is 2.41 bits per heavy atom. The predicted molar refractivity (Wildman–Crippen MR) is 68.9 cm³/mol. The SMILES string of the molecule is COCCCOc1cc(C)cc(OC(C)C)c1. The molecule has 0 amide bonds. The molecule has 0 heterocycles. The molecule has 0 unspecified atom stereocenters. The van der Waals surface area contributed by atoms with E-state index in [-0.39, 0.29) is 6.10 Å². The summed E-state index contributed by atoms with van der Waals surface area (Å²) in [5.41, 5.74) is 1.14. The van der Waals surface area contributed by atoms with Crippen molar-refractivity contribution in [3.8, 4) is 11.5 Å². The average molecular weight is 238 g/mol. The molecule has 0 radical (unpaired) electrons. The second-order valence-corrected chi connectivity index (χ2v) is 4.34. The van der Waals surface area contributed by atoms with E-state index in [9.17, 15) is 0 Å². The fourth-order valence-corrected chi connectivity index (χ4v) is 1.53. The standard InChI is InChI=1S/C14H22O3/c1-11(2)17-14-9-12(3)8-13(10-14)16-7-5-6-15-4/h8-11H,5-7H2,1-4H3. The number of rotatable bonds is 7. The van der Waals surface area contributed by atoms with Crippen molar-refractivity contribution in [2.75, 3.05) is 20.3 Å². The quantitative estimate of drug-likeness (QED) is 0.683. The molecule has 0 bridgehead atoms. The van der Waals surface area contributed by atoms with Gasteiger partial charge in [-0.3, -0.25) is 0 Å². The molecular formula is C14H22O3. The molecule has 1 rings (SSSR count). The summed E-state index contributed by atoms with van der Waals surface area (Å²) < 4.78 is 16.3. The molecule has 0 saturated heterocycles. The second-order valence-electron chi connectivity index (χ2n) is 4.34. The maximum absolute atomic E-state index is 5.66. The third-order valence-corrected chi connectivity index (χ3v) is 2.16. The molecule has 3 nitrogen and oxygen atoms in total. The van der Waals surface area contributed by atoms with E-state index in [1.807, 2.05) is 39.0 Å². The van der Waals surface area contributed by atoms with Crippen molar-refractivity contribution in [1.29, 1.82) is 0 Å². The average Bonchev–Trinajstić information content (AvgIpc) is 2.22. The van der Waals surface area contributed by atoms with E-state index < -0.39 is 0 Å². The summed E-state index contributed by atoms with van der Waals surface area (Å²) in [6, 6.07) is 5.96. The van der Waals surface area contributed by atoms with Crippen LogP contribution in [-0.2, 0) is 4.74 Å². The number of methoxy groups -OCH3 is 1. The Balaban J connectivity index is 2.56. The van der Waals surface area contributed by atoms with Gasteiger partial charge in [-0.1, -0.05) is 0 Å². The first-order chi connectivity index (χ1) is 8.11. The third kappa shape index (κ3) is 5.59. The fourth-order valence-electron chi connectivity index (χ4n) is 1.53. The molecule has 0 aliphatic carbocycles. The summed E-state index contributed by atoms with van der Waals surface area (Å²) in [5.74, 6) is 1.72. The largest absolute Gasteiger partial charge is 0.493 e. The molecule has 3 heteroatoms. The van der Waals surface area contributed by atoms with Crippen LogP contribution in [0.1, 0.15) is 25.8 Å². The van der Waals surface area contributed by atoms with Gasteiger partial charge in [0, 0.05) is 26.2 Å². The van der Waals surface area contributed by atoms with E-state index in [1.165, 1.54) is 0 Å². The molecule has 96 valence electrons. The molecular weight excluding hydrogens is 216 g/mol. The maximum Gasteiger partial charge on any atom is 0.123 e. The van der Waals surface area contributed by atoms with Crippen LogP contribution in [0.3, 0.4) is 0 Å². The number of hydrogen-bond donors (Lipinski definition) is 0. The molecule has 0 fully saturated rings. The maximum atomic E-state index is 5.66. The van der Waals surface area contributed by atoms with Gasteiger partial charge in [0.1, 0.15) is 11.5 Å². The first-order valence-electron chi connectivity index (χ1n) is 6.02. The molecule has 0 saturated carbocycles. The van der Waals surface area contributed by atoms with Crippen molar-refractivity contribution in [2.45, 2.75) is 33.3 Å². The van der Waals surface area contributed by atoms with Gasteiger partial charge in [0.05, 0.1) is 12.7 Å². The normalized spacial score (nSPS) is 10.6. The summed E-state index contributed by atoms with van der Waals surface area (Å²) in [6.45, 7) is 7.46. The van der Waals surface area contributed by atoms with Crippen molar-refractivity contribution in [1.82, 2.24) is 0 Å². The van der Waals surface area contributed by atoms with Crippen LogP contribution in [0.2, 0.25) is 0 Å². The summed E-state index contributed by atoms with van der Waals surface area (Å²) in [4.78, 5) is 0. The molecule has 0 aliphatic heterocycles. The van der Waals surface area contributed by atoms with Gasteiger partial charge in [-0.25, -0.2) is 0 Å². The third-order valence-electron chi connectivity index (χ3n) is 2.16. The van der Waals surface area contributed by atoms with Crippen LogP contribution in [0.25, 0.3) is 0 Å². The number of aryl methyl sites for hydroxylation is 1. The molecule has 0 aromatic heterocycles. The lowest BCUT2D eigenvalue weighted by molar-refractivity contribution is 0.172. The van der Waals surface area contributed by atoms with Crippen LogP contribution >= 0.6 is 0 Å². The topological polar surface area (TPSA) is 27.7 Å². The van der Waals surface area contributed by atoms with Gasteiger partial charge in [0.15, 0.2) is 0 Å². The van der Waals surface area contributed by atoms with Gasteiger partial charge in [-0.05, 0) is 38.5 Å². The number of ether oxygens (including phenoxy) is 3. The lowest BCUT2D eigenvalue weighted by Gasteiger charge is -2.13. The van der Waals surface area contributed by atoms with Gasteiger partial charge in [0.25, 0.3) is 0 Å². The molecule has 0 spiro atoms. The minimum absolute atomic E-state index is 0.179. The smallest absolute Gasteiger partial charge is 0.123 e. The van der Waals surface area contributed by atoms with E-state index in [1.54, 1.807) is 7.11 Å². The van der Waals surface area contributed by atoms with Crippen molar-refractivity contribution in [3.05, 3.63) is 23.8 Å². The zero-order valence-electron chi connectivity index (χ0n) is 11.2. The van der Waals surface area contributed by atoms with Crippen molar-refractivity contribution >= 4 is 0 Å². The fraction of sp³-hybridized carbons (Fsp3) is 0.571. The molecule has 1 aromatic carbocycles. The highest BCUT2D eigenvalue weighted by Gasteiger charge is 2.02. The minimum atomic E-state index is 0.179. The highest BCUT2D eigenvalue weighted by atomic mass is 16.5. The van der Waals surface area contributed by atoms with Gasteiger partial charge in [0.2, 0.25) is 0 Å². The Labute approximate surface area is 104 Å². The van der Waals surface area contributed by atoms with Crippen LogP contribution in [-0.4, -0.2) is 26.4 Å². The minimum Gasteiger partial charge on any atom is -0.493 e.